The molecule has 2 aromatic rings. The van der Waals surface area contributed by atoms with Crippen LogP contribution in [0.15, 0.2) is 24.3 Å². The van der Waals surface area contributed by atoms with E-state index in [0.29, 0.717) is 24.8 Å². The third kappa shape index (κ3) is 3.29. The summed E-state index contributed by atoms with van der Waals surface area (Å²) in [5.41, 5.74) is 1.80. The average Bonchev–Trinajstić information content (AvgIpc) is 3.20. The third-order valence-electron chi connectivity index (χ3n) is 5.25. The van der Waals surface area contributed by atoms with Gasteiger partial charge in [0.15, 0.2) is 5.82 Å². The minimum Gasteiger partial charge on any atom is -0.319 e. The highest BCUT2D eigenvalue weighted by Crippen LogP contribution is 2.22. The molecule has 1 aromatic heterocycles. The van der Waals surface area contributed by atoms with Crippen molar-refractivity contribution in [2.75, 3.05) is 31.5 Å². The number of urea groups is 1. The van der Waals surface area contributed by atoms with Crippen LogP contribution in [0.4, 0.5) is 15.0 Å². The average molecular weight is 358 g/mol. The second kappa shape index (κ2) is 7.03. The monoisotopic (exact) mass is 358 g/mol. The van der Waals surface area contributed by atoms with Crippen LogP contribution >= 0.6 is 0 Å². The molecule has 1 N–H and O–H groups in total. The highest BCUT2D eigenvalue weighted by molar-refractivity contribution is 5.89. The molecule has 138 valence electrons. The number of carbonyl (C=O) groups excluding carboxylic acids is 1. The molecule has 2 aliphatic heterocycles. The molecular weight excluding hydrogens is 335 g/mol. The van der Waals surface area contributed by atoms with E-state index in [1.54, 1.807) is 16.8 Å². The van der Waals surface area contributed by atoms with E-state index < -0.39 is 0 Å². The molecule has 3 heterocycles. The molecule has 2 atom stereocenters. The zero-order chi connectivity index (χ0) is 18.1. The highest BCUT2D eigenvalue weighted by atomic mass is 19.1. The molecule has 8 heteroatoms. The van der Waals surface area contributed by atoms with E-state index >= 15 is 0 Å². The predicted octanol–water partition coefficient (Wildman–Crippen LogP) is 1.95. The summed E-state index contributed by atoms with van der Waals surface area (Å²) in [4.78, 5) is 17.0. The maximum Gasteiger partial charge on any atom is 0.323 e. The van der Waals surface area contributed by atoms with Crippen LogP contribution in [0.2, 0.25) is 0 Å². The van der Waals surface area contributed by atoms with Crippen LogP contribution in [0, 0.1) is 5.82 Å². The van der Waals surface area contributed by atoms with Gasteiger partial charge in [-0.2, -0.15) is 0 Å². The Hall–Kier alpha value is -2.48. The van der Waals surface area contributed by atoms with Crippen LogP contribution in [0.1, 0.15) is 24.6 Å². The van der Waals surface area contributed by atoms with Gasteiger partial charge in [0.1, 0.15) is 5.82 Å². The van der Waals surface area contributed by atoms with Crippen molar-refractivity contribution in [2.45, 2.75) is 32.4 Å². The van der Waals surface area contributed by atoms with E-state index in [0.717, 1.165) is 43.9 Å². The van der Waals surface area contributed by atoms with Crippen LogP contribution in [-0.4, -0.2) is 63.0 Å². The number of piperazine rings is 1. The Morgan fingerprint density at radius 2 is 2.08 bits per heavy atom. The molecular formula is C18H23FN6O. The van der Waals surface area contributed by atoms with Gasteiger partial charge in [-0.05, 0) is 30.5 Å². The Labute approximate surface area is 151 Å². The molecule has 0 spiro atoms. The first kappa shape index (κ1) is 17.0. The van der Waals surface area contributed by atoms with E-state index in [9.17, 15) is 9.18 Å². The van der Waals surface area contributed by atoms with Crippen molar-refractivity contribution in [3.63, 3.8) is 0 Å². The van der Waals surface area contributed by atoms with E-state index in [2.05, 4.69) is 20.5 Å². The third-order valence-corrected chi connectivity index (χ3v) is 5.25. The van der Waals surface area contributed by atoms with Crippen molar-refractivity contribution in [1.29, 1.82) is 0 Å². The number of aromatic nitrogens is 3. The number of hydrogen-bond donors (Lipinski definition) is 1. The fraction of sp³-hybridized carbons (Fsp3) is 0.500. The molecule has 26 heavy (non-hydrogen) atoms. The largest absolute Gasteiger partial charge is 0.323 e. The van der Waals surface area contributed by atoms with E-state index in [4.69, 9.17) is 0 Å². The van der Waals surface area contributed by atoms with Gasteiger partial charge in [-0.15, -0.1) is 5.10 Å². The Morgan fingerprint density at radius 1 is 1.27 bits per heavy atom. The molecule has 4 rings (SSSR count). The molecule has 2 unspecified atom stereocenters. The Bertz CT molecular complexity index is 789. The lowest BCUT2D eigenvalue weighted by Crippen LogP contribution is -2.51. The topological polar surface area (TPSA) is 66.3 Å². The van der Waals surface area contributed by atoms with Gasteiger partial charge >= 0.3 is 6.03 Å². The number of nitrogens with zero attached hydrogens (tertiary/aromatic N) is 5. The van der Waals surface area contributed by atoms with Crippen molar-refractivity contribution in [3.8, 4) is 0 Å². The van der Waals surface area contributed by atoms with Gasteiger partial charge in [0, 0.05) is 32.2 Å². The molecule has 2 bridgehead atoms. The van der Waals surface area contributed by atoms with Crippen LogP contribution in [0.25, 0.3) is 0 Å². The number of carbonyl (C=O) groups is 1. The second-order valence-corrected chi connectivity index (χ2v) is 6.89. The number of benzene rings is 1. The van der Waals surface area contributed by atoms with Crippen molar-refractivity contribution < 1.29 is 9.18 Å². The van der Waals surface area contributed by atoms with Crippen LogP contribution in [0.5, 0.6) is 0 Å². The highest BCUT2D eigenvalue weighted by Gasteiger charge is 2.35. The zero-order valence-electron chi connectivity index (χ0n) is 14.9. The molecule has 0 radical (unpaired) electrons. The van der Waals surface area contributed by atoms with Gasteiger partial charge in [0.05, 0.1) is 12.2 Å². The molecule has 2 amide bonds. The smallest absolute Gasteiger partial charge is 0.319 e. The fourth-order valence-electron chi connectivity index (χ4n) is 3.81. The van der Waals surface area contributed by atoms with Gasteiger partial charge in [0.2, 0.25) is 0 Å². The minimum atomic E-state index is -0.261. The number of nitrogens with one attached hydrogen (secondary N) is 1. The molecule has 2 aliphatic rings. The standard InChI is InChI=1S/C18H23FN6O/c1-2-16-17(20-18(26)24-10-9-23-8-7-15(24)12-23)21-22-25(16)11-13-3-5-14(19)6-4-13/h3-6,15H,2,7-12H2,1H3,(H,20,26). The number of halogens is 1. The molecule has 0 saturated carbocycles. The lowest BCUT2D eigenvalue weighted by atomic mass is 10.2. The maximum absolute atomic E-state index is 13.1. The Kier molecular flexibility index (Phi) is 4.58. The summed E-state index contributed by atoms with van der Waals surface area (Å²) in [5, 5.41) is 11.3. The summed E-state index contributed by atoms with van der Waals surface area (Å²) in [6.07, 6.45) is 1.73. The van der Waals surface area contributed by atoms with Gasteiger partial charge in [0.25, 0.3) is 0 Å². The molecule has 7 nitrogen and oxygen atoms in total. The van der Waals surface area contributed by atoms with Gasteiger partial charge in [-0.3, -0.25) is 10.2 Å². The first-order chi connectivity index (χ1) is 12.6. The number of hydrogen-bond acceptors (Lipinski definition) is 4. The number of amides is 2. The molecule has 2 saturated heterocycles. The van der Waals surface area contributed by atoms with Crippen molar-refractivity contribution >= 4 is 11.8 Å². The SMILES string of the molecule is CCc1c(NC(=O)N2CCN3CCC2C3)nnn1Cc1ccc(F)cc1. The number of fused-ring (bicyclic) bond motifs is 2. The first-order valence-electron chi connectivity index (χ1n) is 9.11. The minimum absolute atomic E-state index is 0.0971. The van der Waals surface area contributed by atoms with Gasteiger partial charge in [-0.1, -0.05) is 24.3 Å². The van der Waals surface area contributed by atoms with Gasteiger partial charge < -0.3 is 4.90 Å². The maximum atomic E-state index is 13.1. The molecule has 0 aliphatic carbocycles. The summed E-state index contributed by atoms with van der Waals surface area (Å²) >= 11 is 0. The number of anilines is 1. The van der Waals surface area contributed by atoms with E-state index in [1.807, 2.05) is 11.8 Å². The lowest BCUT2D eigenvalue weighted by Gasteiger charge is -2.34. The molecule has 2 fully saturated rings. The summed E-state index contributed by atoms with van der Waals surface area (Å²) in [6.45, 7) is 6.22. The van der Waals surface area contributed by atoms with Crippen molar-refractivity contribution in [1.82, 2.24) is 24.8 Å². The number of rotatable bonds is 4. The Morgan fingerprint density at radius 3 is 2.85 bits per heavy atom. The summed E-state index contributed by atoms with van der Waals surface area (Å²) in [6, 6.07) is 6.52. The van der Waals surface area contributed by atoms with Crippen LogP contribution in [0.3, 0.4) is 0 Å². The zero-order valence-corrected chi connectivity index (χ0v) is 14.9. The van der Waals surface area contributed by atoms with Gasteiger partial charge in [-0.25, -0.2) is 13.9 Å². The lowest BCUT2D eigenvalue weighted by molar-refractivity contribution is 0.153. The molecule has 1 aromatic carbocycles. The van der Waals surface area contributed by atoms with Crippen LogP contribution in [-0.2, 0) is 13.0 Å². The normalized spacial score (nSPS) is 21.8. The first-order valence-corrected chi connectivity index (χ1v) is 9.11. The Balaban J connectivity index is 1.47. The van der Waals surface area contributed by atoms with E-state index in [1.165, 1.54) is 12.1 Å². The summed E-state index contributed by atoms with van der Waals surface area (Å²) in [7, 11) is 0. The second-order valence-electron chi connectivity index (χ2n) is 6.89. The summed E-state index contributed by atoms with van der Waals surface area (Å²) in [5.74, 6) is 0.253. The fourth-order valence-corrected chi connectivity index (χ4v) is 3.81. The van der Waals surface area contributed by atoms with Crippen molar-refractivity contribution in [3.05, 3.63) is 41.3 Å². The van der Waals surface area contributed by atoms with E-state index in [-0.39, 0.29) is 11.8 Å². The quantitative estimate of drug-likeness (QED) is 0.907. The predicted molar refractivity (Wildman–Crippen MR) is 95.5 cm³/mol. The van der Waals surface area contributed by atoms with Crippen LogP contribution < -0.4 is 5.32 Å². The summed E-state index contributed by atoms with van der Waals surface area (Å²) < 4.78 is 14.8. The van der Waals surface area contributed by atoms with Crippen molar-refractivity contribution in [2.24, 2.45) is 0 Å².